The molecular formula is C20H27N3O2S. The maximum atomic E-state index is 12.3. The van der Waals surface area contributed by atoms with E-state index in [4.69, 9.17) is 0 Å². The first-order valence-electron chi connectivity index (χ1n) is 9.07. The monoisotopic (exact) mass is 373 g/mol. The Bertz CT molecular complexity index is 801. The van der Waals surface area contributed by atoms with Crippen LogP contribution in [0.2, 0.25) is 0 Å². The van der Waals surface area contributed by atoms with E-state index in [0.717, 1.165) is 43.9 Å². The van der Waals surface area contributed by atoms with Gasteiger partial charge in [-0.05, 0) is 24.6 Å². The number of rotatable bonds is 7. The Morgan fingerprint density at radius 1 is 0.962 bits per heavy atom. The molecule has 1 aliphatic heterocycles. The minimum Gasteiger partial charge on any atom is -0.369 e. The summed E-state index contributed by atoms with van der Waals surface area (Å²) in [5.74, 6) is 0.0382. The fraction of sp³-hybridized carbons (Fsp3) is 0.400. The van der Waals surface area contributed by atoms with E-state index in [1.165, 1.54) is 5.69 Å². The summed E-state index contributed by atoms with van der Waals surface area (Å²) in [6.07, 6.45) is 0. The highest BCUT2D eigenvalue weighted by Crippen LogP contribution is 2.15. The molecule has 26 heavy (non-hydrogen) atoms. The third-order valence-electron chi connectivity index (χ3n) is 4.68. The van der Waals surface area contributed by atoms with Gasteiger partial charge < -0.3 is 4.90 Å². The van der Waals surface area contributed by atoms with E-state index in [9.17, 15) is 8.42 Å². The van der Waals surface area contributed by atoms with Crippen molar-refractivity contribution >= 4 is 15.7 Å². The van der Waals surface area contributed by atoms with Gasteiger partial charge in [-0.2, -0.15) is 0 Å². The quantitative estimate of drug-likeness (QED) is 0.809. The summed E-state index contributed by atoms with van der Waals surface area (Å²) in [7, 11) is -3.29. The summed E-state index contributed by atoms with van der Waals surface area (Å²) in [4.78, 5) is 4.69. The highest BCUT2D eigenvalue weighted by atomic mass is 32.2. The van der Waals surface area contributed by atoms with Gasteiger partial charge in [-0.15, -0.1) is 0 Å². The van der Waals surface area contributed by atoms with Crippen molar-refractivity contribution in [3.8, 4) is 0 Å². The molecule has 6 heteroatoms. The van der Waals surface area contributed by atoms with Crippen molar-refractivity contribution in [2.75, 3.05) is 44.2 Å². The summed E-state index contributed by atoms with van der Waals surface area (Å²) >= 11 is 0. The van der Waals surface area contributed by atoms with Crippen LogP contribution in [0.5, 0.6) is 0 Å². The minimum atomic E-state index is -3.29. The standard InChI is InChI=1S/C20H27N3O2S/c1-18-6-5-7-19(16-18)17-26(24,25)21-10-11-22-12-14-23(15-13-22)20-8-3-2-4-9-20/h2-9,16,21H,10-15,17H2,1H3. The van der Waals surface area contributed by atoms with E-state index in [1.807, 2.05) is 37.3 Å². The molecule has 2 aromatic rings. The predicted molar refractivity (Wildman–Crippen MR) is 107 cm³/mol. The lowest BCUT2D eigenvalue weighted by Gasteiger charge is -2.36. The number of sulfonamides is 1. The molecule has 140 valence electrons. The minimum absolute atomic E-state index is 0.0382. The van der Waals surface area contributed by atoms with Crippen LogP contribution in [0.1, 0.15) is 11.1 Å². The molecule has 5 nitrogen and oxygen atoms in total. The Kier molecular flexibility index (Phi) is 6.29. The zero-order valence-electron chi connectivity index (χ0n) is 15.3. The first-order valence-corrected chi connectivity index (χ1v) is 10.7. The van der Waals surface area contributed by atoms with Crippen LogP contribution < -0.4 is 9.62 Å². The van der Waals surface area contributed by atoms with Gasteiger partial charge in [-0.3, -0.25) is 4.90 Å². The Labute approximate surface area is 156 Å². The molecule has 0 amide bonds. The van der Waals surface area contributed by atoms with E-state index >= 15 is 0 Å². The van der Waals surface area contributed by atoms with E-state index in [2.05, 4.69) is 38.8 Å². The van der Waals surface area contributed by atoms with Crippen LogP contribution in [-0.4, -0.2) is 52.6 Å². The van der Waals surface area contributed by atoms with Crippen LogP contribution in [0.25, 0.3) is 0 Å². The number of hydrogen-bond acceptors (Lipinski definition) is 4. The molecule has 0 radical (unpaired) electrons. The predicted octanol–water partition coefficient (Wildman–Crippen LogP) is 2.24. The van der Waals surface area contributed by atoms with Gasteiger partial charge >= 0.3 is 0 Å². The third kappa shape index (κ3) is 5.56. The molecule has 0 bridgehead atoms. The molecule has 0 aliphatic carbocycles. The van der Waals surface area contributed by atoms with Crippen LogP contribution in [0.15, 0.2) is 54.6 Å². The number of nitrogens with zero attached hydrogens (tertiary/aromatic N) is 2. The molecule has 1 saturated heterocycles. The summed E-state index contributed by atoms with van der Waals surface area (Å²) in [6, 6.07) is 18.1. The molecule has 2 aromatic carbocycles. The zero-order valence-corrected chi connectivity index (χ0v) is 16.1. The lowest BCUT2D eigenvalue weighted by Crippen LogP contribution is -2.48. The Morgan fingerprint density at radius 2 is 1.69 bits per heavy atom. The van der Waals surface area contributed by atoms with E-state index in [0.29, 0.717) is 6.54 Å². The van der Waals surface area contributed by atoms with Gasteiger partial charge in [-0.25, -0.2) is 13.1 Å². The van der Waals surface area contributed by atoms with Gasteiger partial charge in [0.05, 0.1) is 5.75 Å². The molecule has 0 aromatic heterocycles. The van der Waals surface area contributed by atoms with Gasteiger partial charge in [0.25, 0.3) is 0 Å². The fourth-order valence-electron chi connectivity index (χ4n) is 3.30. The van der Waals surface area contributed by atoms with E-state index < -0.39 is 10.0 Å². The average molecular weight is 374 g/mol. The Hall–Kier alpha value is -1.89. The summed E-state index contributed by atoms with van der Waals surface area (Å²) in [5.41, 5.74) is 3.16. The van der Waals surface area contributed by atoms with Crippen molar-refractivity contribution in [2.24, 2.45) is 0 Å². The van der Waals surface area contributed by atoms with Crippen LogP contribution in [0.3, 0.4) is 0 Å². The second kappa shape index (κ2) is 8.66. The van der Waals surface area contributed by atoms with Crippen molar-refractivity contribution in [3.05, 3.63) is 65.7 Å². The van der Waals surface area contributed by atoms with Gasteiger partial charge in [0, 0.05) is 45.0 Å². The van der Waals surface area contributed by atoms with Crippen molar-refractivity contribution in [2.45, 2.75) is 12.7 Å². The fourth-order valence-corrected chi connectivity index (χ4v) is 4.42. The first-order chi connectivity index (χ1) is 12.5. The summed E-state index contributed by atoms with van der Waals surface area (Å²) in [5, 5.41) is 0. The number of hydrogen-bond donors (Lipinski definition) is 1. The van der Waals surface area contributed by atoms with Crippen LogP contribution in [0.4, 0.5) is 5.69 Å². The van der Waals surface area contributed by atoms with E-state index in [1.54, 1.807) is 0 Å². The van der Waals surface area contributed by atoms with Crippen LogP contribution in [-0.2, 0) is 15.8 Å². The first kappa shape index (κ1) is 18.9. The molecule has 1 aliphatic rings. The second-order valence-electron chi connectivity index (χ2n) is 6.81. The molecule has 1 N–H and O–H groups in total. The number of nitrogens with one attached hydrogen (secondary N) is 1. The maximum Gasteiger partial charge on any atom is 0.215 e. The topological polar surface area (TPSA) is 52.7 Å². The van der Waals surface area contributed by atoms with Gasteiger partial charge in [-0.1, -0.05) is 48.0 Å². The van der Waals surface area contributed by atoms with Gasteiger partial charge in [0.2, 0.25) is 10.0 Å². The van der Waals surface area contributed by atoms with E-state index in [-0.39, 0.29) is 5.75 Å². The molecular weight excluding hydrogens is 346 g/mol. The molecule has 1 fully saturated rings. The lowest BCUT2D eigenvalue weighted by atomic mass is 10.2. The molecule has 1 heterocycles. The molecule has 0 spiro atoms. The van der Waals surface area contributed by atoms with Crippen molar-refractivity contribution in [1.29, 1.82) is 0 Å². The van der Waals surface area contributed by atoms with Gasteiger partial charge in [0.1, 0.15) is 0 Å². The Morgan fingerprint density at radius 3 is 2.38 bits per heavy atom. The summed E-state index contributed by atoms with van der Waals surface area (Å²) < 4.78 is 27.2. The Balaban J connectivity index is 1.41. The number of piperazine rings is 1. The maximum absolute atomic E-state index is 12.3. The molecule has 0 unspecified atom stereocenters. The average Bonchev–Trinajstić information content (AvgIpc) is 2.62. The van der Waals surface area contributed by atoms with Crippen molar-refractivity contribution < 1.29 is 8.42 Å². The highest BCUT2D eigenvalue weighted by Gasteiger charge is 2.18. The SMILES string of the molecule is Cc1cccc(CS(=O)(=O)NCCN2CCN(c3ccccc3)CC2)c1. The van der Waals surface area contributed by atoms with Crippen LogP contribution in [0, 0.1) is 6.92 Å². The second-order valence-corrected chi connectivity index (χ2v) is 8.61. The number of para-hydroxylation sites is 1. The molecule has 0 saturated carbocycles. The third-order valence-corrected chi connectivity index (χ3v) is 6.04. The summed E-state index contributed by atoms with van der Waals surface area (Å²) in [6.45, 7) is 7.02. The highest BCUT2D eigenvalue weighted by molar-refractivity contribution is 7.88. The van der Waals surface area contributed by atoms with Crippen molar-refractivity contribution in [1.82, 2.24) is 9.62 Å². The number of anilines is 1. The smallest absolute Gasteiger partial charge is 0.215 e. The largest absolute Gasteiger partial charge is 0.369 e. The zero-order chi connectivity index (χ0) is 18.4. The van der Waals surface area contributed by atoms with Crippen LogP contribution >= 0.6 is 0 Å². The number of benzene rings is 2. The van der Waals surface area contributed by atoms with Gasteiger partial charge in [0.15, 0.2) is 0 Å². The lowest BCUT2D eigenvalue weighted by molar-refractivity contribution is 0.262. The molecule has 0 atom stereocenters. The molecule has 3 rings (SSSR count). The number of aryl methyl sites for hydroxylation is 1. The van der Waals surface area contributed by atoms with Crippen molar-refractivity contribution in [3.63, 3.8) is 0 Å². The normalized spacial score (nSPS) is 16.0.